The fourth-order valence-electron chi connectivity index (χ4n) is 4.51. The second-order valence-corrected chi connectivity index (χ2v) is 8.26. The van der Waals surface area contributed by atoms with E-state index in [-0.39, 0.29) is 11.3 Å². The highest BCUT2D eigenvalue weighted by atomic mass is 16.5. The van der Waals surface area contributed by atoms with Crippen LogP contribution in [0.2, 0.25) is 0 Å². The molecule has 0 aromatic carbocycles. The topological polar surface area (TPSA) is 67.6 Å². The van der Waals surface area contributed by atoms with Crippen LogP contribution < -0.4 is 0 Å². The number of nitrogens with zero attached hydrogens (tertiary/aromatic N) is 3. The highest BCUT2D eigenvalue weighted by molar-refractivity contribution is 5.87. The molecule has 2 aliphatic rings. The van der Waals surface area contributed by atoms with Crippen LogP contribution in [0, 0.1) is 5.92 Å². The molecule has 1 aromatic heterocycles. The second-order valence-electron chi connectivity index (χ2n) is 8.26. The van der Waals surface area contributed by atoms with Gasteiger partial charge in [-0.25, -0.2) is 4.79 Å². The number of morpholine rings is 1. The van der Waals surface area contributed by atoms with E-state index in [2.05, 4.69) is 37.7 Å². The summed E-state index contributed by atoms with van der Waals surface area (Å²) in [7, 11) is 0. The first-order valence-electron chi connectivity index (χ1n) is 10.1. The standard InChI is InChI=1S/C20H33N3O3/c1-5-20(6-2)13-22(9-10-26-20)15-7-8-17-16(11-15)18(19(24)25)21-23(17)12-14(3)4/h14-15H,5-13H2,1-4H3,(H,24,25). The minimum Gasteiger partial charge on any atom is -0.476 e. The molecule has 1 saturated heterocycles. The molecule has 26 heavy (non-hydrogen) atoms. The number of aromatic nitrogens is 2. The van der Waals surface area contributed by atoms with E-state index in [1.807, 2.05) is 4.68 Å². The predicted octanol–water partition coefficient (Wildman–Crippen LogP) is 2.99. The van der Waals surface area contributed by atoms with Gasteiger partial charge in [0.25, 0.3) is 0 Å². The lowest BCUT2D eigenvalue weighted by Crippen LogP contribution is -2.55. The first-order chi connectivity index (χ1) is 12.4. The molecular weight excluding hydrogens is 330 g/mol. The zero-order valence-electron chi connectivity index (χ0n) is 16.6. The highest BCUT2D eigenvalue weighted by Crippen LogP contribution is 2.32. The van der Waals surface area contributed by atoms with Crippen molar-refractivity contribution in [2.45, 2.75) is 78.0 Å². The fraction of sp³-hybridized carbons (Fsp3) is 0.800. The van der Waals surface area contributed by atoms with Gasteiger partial charge >= 0.3 is 5.97 Å². The van der Waals surface area contributed by atoms with Crippen LogP contribution in [0.5, 0.6) is 0 Å². The third-order valence-electron chi connectivity index (χ3n) is 6.14. The number of hydrogen-bond donors (Lipinski definition) is 1. The summed E-state index contributed by atoms with van der Waals surface area (Å²) in [5, 5.41) is 14.1. The molecule has 6 nitrogen and oxygen atoms in total. The Bertz CT molecular complexity index is 649. The molecule has 1 aromatic rings. The number of carbonyl (C=O) groups is 1. The van der Waals surface area contributed by atoms with Crippen molar-refractivity contribution in [3.05, 3.63) is 17.0 Å². The molecule has 1 N–H and O–H groups in total. The van der Waals surface area contributed by atoms with E-state index < -0.39 is 5.97 Å². The van der Waals surface area contributed by atoms with Crippen molar-refractivity contribution in [1.82, 2.24) is 14.7 Å². The minimum atomic E-state index is -0.900. The van der Waals surface area contributed by atoms with Crippen molar-refractivity contribution in [2.75, 3.05) is 19.7 Å². The smallest absolute Gasteiger partial charge is 0.356 e. The molecule has 6 heteroatoms. The summed E-state index contributed by atoms with van der Waals surface area (Å²) in [5.74, 6) is -0.449. The van der Waals surface area contributed by atoms with Gasteiger partial charge in [-0.2, -0.15) is 5.10 Å². The first-order valence-corrected chi connectivity index (χ1v) is 10.1. The van der Waals surface area contributed by atoms with Crippen molar-refractivity contribution in [1.29, 1.82) is 0 Å². The molecule has 0 radical (unpaired) electrons. The number of ether oxygens (including phenoxy) is 1. The Hall–Kier alpha value is -1.40. The van der Waals surface area contributed by atoms with Crippen LogP contribution in [0.1, 0.15) is 68.7 Å². The predicted molar refractivity (Wildman–Crippen MR) is 101 cm³/mol. The summed E-state index contributed by atoms with van der Waals surface area (Å²) in [6.45, 7) is 12.1. The molecule has 1 aliphatic carbocycles. The molecule has 3 rings (SSSR count). The van der Waals surface area contributed by atoms with Gasteiger partial charge in [0.1, 0.15) is 0 Å². The molecule has 2 heterocycles. The van der Waals surface area contributed by atoms with E-state index in [0.29, 0.717) is 12.0 Å². The Labute approximate surface area is 156 Å². The van der Waals surface area contributed by atoms with Crippen LogP contribution >= 0.6 is 0 Å². The molecular formula is C20H33N3O3. The average molecular weight is 364 g/mol. The van der Waals surface area contributed by atoms with Crippen LogP contribution in [0.15, 0.2) is 0 Å². The number of carboxylic acid groups (broad SMARTS) is 1. The first kappa shape index (κ1) is 19.4. The van der Waals surface area contributed by atoms with Crippen LogP contribution in [-0.4, -0.2) is 57.1 Å². The maximum absolute atomic E-state index is 11.7. The van der Waals surface area contributed by atoms with E-state index in [1.54, 1.807) is 0 Å². The third-order valence-corrected chi connectivity index (χ3v) is 6.14. The van der Waals surface area contributed by atoms with E-state index in [0.717, 1.165) is 69.6 Å². The Morgan fingerprint density at radius 2 is 2.12 bits per heavy atom. The van der Waals surface area contributed by atoms with Gasteiger partial charge in [0, 0.05) is 36.9 Å². The molecule has 0 amide bonds. The van der Waals surface area contributed by atoms with Crippen LogP contribution in [0.4, 0.5) is 0 Å². The van der Waals surface area contributed by atoms with Gasteiger partial charge in [-0.1, -0.05) is 27.7 Å². The number of carboxylic acids is 1. The largest absolute Gasteiger partial charge is 0.476 e. The van der Waals surface area contributed by atoms with E-state index in [9.17, 15) is 9.90 Å². The summed E-state index contributed by atoms with van der Waals surface area (Å²) in [6, 6.07) is 0.388. The van der Waals surface area contributed by atoms with Crippen molar-refractivity contribution in [3.63, 3.8) is 0 Å². The SMILES string of the molecule is CCC1(CC)CN(C2CCc3c(c(C(=O)O)nn3CC(C)C)C2)CCO1. The molecule has 1 fully saturated rings. The Morgan fingerprint density at radius 3 is 2.73 bits per heavy atom. The van der Waals surface area contributed by atoms with Gasteiger partial charge in [0.15, 0.2) is 5.69 Å². The monoisotopic (exact) mass is 363 g/mol. The maximum Gasteiger partial charge on any atom is 0.356 e. The van der Waals surface area contributed by atoms with Gasteiger partial charge in [-0.05, 0) is 38.0 Å². The highest BCUT2D eigenvalue weighted by Gasteiger charge is 2.38. The number of hydrogen-bond acceptors (Lipinski definition) is 4. The lowest BCUT2D eigenvalue weighted by Gasteiger charge is -2.46. The van der Waals surface area contributed by atoms with Gasteiger partial charge in [-0.15, -0.1) is 0 Å². The Morgan fingerprint density at radius 1 is 1.38 bits per heavy atom. The second kappa shape index (κ2) is 7.69. The van der Waals surface area contributed by atoms with E-state index in [4.69, 9.17) is 4.74 Å². The minimum absolute atomic E-state index is 0.0457. The lowest BCUT2D eigenvalue weighted by molar-refractivity contribution is -0.123. The summed E-state index contributed by atoms with van der Waals surface area (Å²) >= 11 is 0. The molecule has 1 atom stereocenters. The zero-order chi connectivity index (χ0) is 18.9. The van der Waals surface area contributed by atoms with Gasteiger partial charge < -0.3 is 9.84 Å². The van der Waals surface area contributed by atoms with E-state index in [1.165, 1.54) is 0 Å². The van der Waals surface area contributed by atoms with Crippen LogP contribution in [-0.2, 0) is 24.1 Å². The lowest BCUT2D eigenvalue weighted by atomic mass is 9.87. The van der Waals surface area contributed by atoms with Crippen LogP contribution in [0.3, 0.4) is 0 Å². The number of aromatic carboxylic acids is 1. The molecule has 146 valence electrons. The zero-order valence-corrected chi connectivity index (χ0v) is 16.6. The van der Waals surface area contributed by atoms with Crippen molar-refractivity contribution < 1.29 is 14.6 Å². The van der Waals surface area contributed by atoms with Gasteiger partial charge in [0.05, 0.1) is 12.2 Å². The number of fused-ring (bicyclic) bond motifs is 1. The molecule has 1 aliphatic heterocycles. The molecule has 0 saturated carbocycles. The molecule has 0 bridgehead atoms. The van der Waals surface area contributed by atoms with Crippen molar-refractivity contribution >= 4 is 5.97 Å². The van der Waals surface area contributed by atoms with Gasteiger partial charge in [0.2, 0.25) is 0 Å². The van der Waals surface area contributed by atoms with Crippen molar-refractivity contribution in [2.24, 2.45) is 5.92 Å². The summed E-state index contributed by atoms with van der Waals surface area (Å²) in [5.41, 5.74) is 2.31. The normalized spacial score (nSPS) is 23.2. The Kier molecular flexibility index (Phi) is 5.72. The average Bonchev–Trinajstić information content (AvgIpc) is 2.99. The summed E-state index contributed by atoms with van der Waals surface area (Å²) < 4.78 is 8.06. The maximum atomic E-state index is 11.7. The van der Waals surface area contributed by atoms with Gasteiger partial charge in [-0.3, -0.25) is 9.58 Å². The molecule has 0 spiro atoms. The summed E-state index contributed by atoms with van der Waals surface area (Å²) in [6.07, 6.45) is 4.81. The quantitative estimate of drug-likeness (QED) is 0.841. The fourth-order valence-corrected chi connectivity index (χ4v) is 4.51. The Balaban J connectivity index is 1.82. The number of rotatable bonds is 6. The molecule has 1 unspecified atom stereocenters. The van der Waals surface area contributed by atoms with Crippen molar-refractivity contribution in [3.8, 4) is 0 Å². The van der Waals surface area contributed by atoms with Crippen LogP contribution in [0.25, 0.3) is 0 Å². The van der Waals surface area contributed by atoms with E-state index >= 15 is 0 Å². The summed E-state index contributed by atoms with van der Waals surface area (Å²) in [4.78, 5) is 14.3. The third kappa shape index (κ3) is 3.67.